The maximum atomic E-state index is 3.74. The van der Waals surface area contributed by atoms with Crippen LogP contribution in [0.5, 0.6) is 0 Å². The van der Waals surface area contributed by atoms with E-state index in [1.165, 1.54) is 35.8 Å². The van der Waals surface area contributed by atoms with E-state index in [9.17, 15) is 0 Å². The first kappa shape index (κ1) is 13.6. The molecular weight excluding hydrogens is 384 g/mol. The molecule has 19 heavy (non-hydrogen) atoms. The summed E-state index contributed by atoms with van der Waals surface area (Å²) < 4.78 is 5.15. The summed E-state index contributed by atoms with van der Waals surface area (Å²) in [5.41, 5.74) is 2.96. The third kappa shape index (κ3) is 2.16. The second-order valence-electron chi connectivity index (χ2n) is 4.64. The predicted octanol–water partition coefficient (Wildman–Crippen LogP) is 6.70. The van der Waals surface area contributed by atoms with Gasteiger partial charge in [0.2, 0.25) is 0 Å². The molecule has 0 aliphatic heterocycles. The second kappa shape index (κ2) is 5.19. The van der Waals surface area contributed by atoms with Gasteiger partial charge in [-0.05, 0) is 42.2 Å². The molecule has 0 nitrogen and oxygen atoms in total. The van der Waals surface area contributed by atoms with Gasteiger partial charge in [-0.15, -0.1) is 11.3 Å². The van der Waals surface area contributed by atoms with E-state index in [-0.39, 0.29) is 0 Å². The van der Waals surface area contributed by atoms with Gasteiger partial charge >= 0.3 is 0 Å². The van der Waals surface area contributed by atoms with Gasteiger partial charge in [-0.1, -0.05) is 51.8 Å². The molecule has 0 bridgehead atoms. The van der Waals surface area contributed by atoms with Crippen LogP contribution in [0.1, 0.15) is 25.0 Å². The minimum Gasteiger partial charge on any atom is -0.135 e. The van der Waals surface area contributed by atoms with Crippen LogP contribution in [0.3, 0.4) is 0 Å². The standard InChI is InChI=1S/C16H14Br2S/c1-3-10-11(4-2)16-12-6-5-9(17)7-14(12)19-15(16)8-13(10)18/h5-8H,3-4H2,1-2H3. The van der Waals surface area contributed by atoms with Crippen LogP contribution in [-0.2, 0) is 12.8 Å². The topological polar surface area (TPSA) is 0 Å². The second-order valence-corrected chi connectivity index (χ2v) is 7.49. The van der Waals surface area contributed by atoms with E-state index in [0.29, 0.717) is 0 Å². The van der Waals surface area contributed by atoms with E-state index in [4.69, 9.17) is 0 Å². The highest BCUT2D eigenvalue weighted by Gasteiger charge is 2.14. The molecule has 0 atom stereocenters. The molecule has 0 fully saturated rings. The maximum absolute atomic E-state index is 3.74. The Balaban J connectivity index is 2.52. The van der Waals surface area contributed by atoms with Crippen LogP contribution in [0, 0.1) is 0 Å². The molecule has 0 aliphatic carbocycles. The SMILES string of the molecule is CCc1c(Br)cc2sc3cc(Br)ccc3c2c1CC. The normalized spacial score (nSPS) is 11.6. The molecule has 3 aromatic rings. The summed E-state index contributed by atoms with van der Waals surface area (Å²) in [6, 6.07) is 8.89. The first-order chi connectivity index (χ1) is 9.15. The molecule has 1 aromatic heterocycles. The fraction of sp³-hybridized carbons (Fsp3) is 0.250. The van der Waals surface area contributed by atoms with Crippen LogP contribution in [-0.4, -0.2) is 0 Å². The Morgan fingerprint density at radius 2 is 1.68 bits per heavy atom. The van der Waals surface area contributed by atoms with Crippen LogP contribution in [0.15, 0.2) is 33.2 Å². The number of fused-ring (bicyclic) bond motifs is 3. The van der Waals surface area contributed by atoms with Gasteiger partial charge in [0.05, 0.1) is 0 Å². The highest BCUT2D eigenvalue weighted by molar-refractivity contribution is 9.10. The van der Waals surface area contributed by atoms with Gasteiger partial charge in [0, 0.05) is 29.1 Å². The van der Waals surface area contributed by atoms with E-state index in [2.05, 4.69) is 70.0 Å². The monoisotopic (exact) mass is 396 g/mol. The molecular formula is C16H14Br2S. The fourth-order valence-electron chi connectivity index (χ4n) is 2.77. The molecule has 1 heterocycles. The van der Waals surface area contributed by atoms with Gasteiger partial charge in [0.25, 0.3) is 0 Å². The Kier molecular flexibility index (Phi) is 3.71. The molecule has 0 saturated heterocycles. The summed E-state index contributed by atoms with van der Waals surface area (Å²) in [5, 5.41) is 2.84. The predicted molar refractivity (Wildman–Crippen MR) is 93.5 cm³/mol. The Morgan fingerprint density at radius 3 is 2.37 bits per heavy atom. The van der Waals surface area contributed by atoms with Crippen LogP contribution in [0.2, 0.25) is 0 Å². The van der Waals surface area contributed by atoms with Crippen LogP contribution >= 0.6 is 43.2 Å². The summed E-state index contributed by atoms with van der Waals surface area (Å²) in [6.45, 7) is 4.49. The maximum Gasteiger partial charge on any atom is 0.0369 e. The lowest BCUT2D eigenvalue weighted by atomic mass is 9.97. The number of aryl methyl sites for hydroxylation is 1. The van der Waals surface area contributed by atoms with Crippen molar-refractivity contribution in [2.45, 2.75) is 26.7 Å². The molecule has 98 valence electrons. The summed E-state index contributed by atoms with van der Waals surface area (Å²) in [7, 11) is 0. The van der Waals surface area contributed by atoms with Gasteiger partial charge in [-0.2, -0.15) is 0 Å². The Bertz CT molecular complexity index is 771. The zero-order valence-electron chi connectivity index (χ0n) is 10.9. The van der Waals surface area contributed by atoms with Crippen molar-refractivity contribution in [3.8, 4) is 0 Å². The zero-order valence-corrected chi connectivity index (χ0v) is 14.9. The van der Waals surface area contributed by atoms with E-state index in [1.54, 1.807) is 0 Å². The Hall–Kier alpha value is -0.380. The average molecular weight is 398 g/mol. The van der Waals surface area contributed by atoms with Gasteiger partial charge in [0.15, 0.2) is 0 Å². The van der Waals surface area contributed by atoms with Crippen molar-refractivity contribution < 1.29 is 0 Å². The number of halogens is 2. The summed E-state index contributed by atoms with van der Waals surface area (Å²) in [4.78, 5) is 0. The molecule has 0 aliphatic rings. The highest BCUT2D eigenvalue weighted by Crippen LogP contribution is 2.41. The van der Waals surface area contributed by atoms with Crippen LogP contribution in [0.25, 0.3) is 20.2 Å². The average Bonchev–Trinajstić information content (AvgIpc) is 2.73. The van der Waals surface area contributed by atoms with E-state index < -0.39 is 0 Å². The lowest BCUT2D eigenvalue weighted by Gasteiger charge is -2.10. The van der Waals surface area contributed by atoms with Gasteiger partial charge in [-0.25, -0.2) is 0 Å². The van der Waals surface area contributed by atoms with Crippen LogP contribution in [0.4, 0.5) is 0 Å². The number of rotatable bonds is 2. The van der Waals surface area contributed by atoms with E-state index in [1.807, 2.05) is 11.3 Å². The smallest absolute Gasteiger partial charge is 0.0369 e. The summed E-state index contributed by atoms with van der Waals surface area (Å²) >= 11 is 9.18. The lowest BCUT2D eigenvalue weighted by molar-refractivity contribution is 1.04. The molecule has 0 saturated carbocycles. The van der Waals surface area contributed by atoms with Gasteiger partial charge < -0.3 is 0 Å². The number of thiophene rings is 1. The third-order valence-corrected chi connectivity index (χ3v) is 5.90. The largest absolute Gasteiger partial charge is 0.135 e. The van der Waals surface area contributed by atoms with E-state index in [0.717, 1.165) is 17.3 Å². The third-order valence-electron chi connectivity index (χ3n) is 3.60. The van der Waals surface area contributed by atoms with Crippen molar-refractivity contribution in [2.24, 2.45) is 0 Å². The molecule has 3 heteroatoms. The first-order valence-corrected chi connectivity index (χ1v) is 8.88. The number of hydrogen-bond donors (Lipinski definition) is 0. The quantitative estimate of drug-likeness (QED) is 0.451. The van der Waals surface area contributed by atoms with Crippen molar-refractivity contribution in [3.05, 3.63) is 44.3 Å². The lowest BCUT2D eigenvalue weighted by Crippen LogP contribution is -1.93. The summed E-state index contributed by atoms with van der Waals surface area (Å²) in [5.74, 6) is 0. The highest BCUT2D eigenvalue weighted by atomic mass is 79.9. The van der Waals surface area contributed by atoms with Crippen molar-refractivity contribution >= 4 is 63.4 Å². The van der Waals surface area contributed by atoms with Crippen LogP contribution < -0.4 is 0 Å². The molecule has 0 unspecified atom stereocenters. The van der Waals surface area contributed by atoms with Crippen molar-refractivity contribution in [3.63, 3.8) is 0 Å². The minimum atomic E-state index is 1.08. The fourth-order valence-corrected chi connectivity index (χ4v) is 5.40. The molecule has 3 rings (SSSR count). The van der Waals surface area contributed by atoms with Gasteiger partial charge in [-0.3, -0.25) is 0 Å². The Morgan fingerprint density at radius 1 is 0.947 bits per heavy atom. The number of benzene rings is 2. The molecule has 0 spiro atoms. The summed E-state index contributed by atoms with van der Waals surface area (Å²) in [6.07, 6.45) is 2.16. The molecule has 0 radical (unpaired) electrons. The van der Waals surface area contributed by atoms with E-state index >= 15 is 0 Å². The minimum absolute atomic E-state index is 1.08. The van der Waals surface area contributed by atoms with Crippen molar-refractivity contribution in [1.82, 2.24) is 0 Å². The molecule has 2 aromatic carbocycles. The van der Waals surface area contributed by atoms with Crippen molar-refractivity contribution in [2.75, 3.05) is 0 Å². The van der Waals surface area contributed by atoms with Gasteiger partial charge in [0.1, 0.15) is 0 Å². The van der Waals surface area contributed by atoms with Crippen molar-refractivity contribution in [1.29, 1.82) is 0 Å². The number of hydrogen-bond acceptors (Lipinski definition) is 1. The molecule has 0 amide bonds. The Labute approximate surface area is 134 Å². The zero-order chi connectivity index (χ0) is 13.6. The first-order valence-electron chi connectivity index (χ1n) is 6.47. The molecule has 0 N–H and O–H groups in total.